The Morgan fingerprint density at radius 1 is 1.59 bits per heavy atom. The van der Waals surface area contributed by atoms with Crippen LogP contribution in [0.5, 0.6) is 0 Å². The number of thiocarbonyl (C=S) groups is 1. The normalized spacial score (nSPS) is 14.6. The number of aromatic nitrogens is 1. The van der Waals surface area contributed by atoms with E-state index in [2.05, 4.69) is 22.9 Å². The van der Waals surface area contributed by atoms with Crippen molar-refractivity contribution < 1.29 is 0 Å². The Hall–Kier alpha value is -1.16. The van der Waals surface area contributed by atoms with Gasteiger partial charge in [-0.3, -0.25) is 4.98 Å². The minimum atomic E-state index is 0.391. The van der Waals surface area contributed by atoms with E-state index >= 15 is 0 Å². The zero-order chi connectivity index (χ0) is 12.3. The van der Waals surface area contributed by atoms with E-state index in [-0.39, 0.29) is 0 Å². The molecule has 4 heteroatoms. The predicted molar refractivity (Wildman–Crippen MR) is 75.4 cm³/mol. The lowest BCUT2D eigenvalue weighted by molar-refractivity contribution is 0.711. The number of rotatable bonds is 6. The van der Waals surface area contributed by atoms with Crippen LogP contribution in [-0.4, -0.2) is 22.6 Å². The fourth-order valence-electron chi connectivity index (χ4n) is 2.03. The number of anilines is 1. The van der Waals surface area contributed by atoms with E-state index in [1.165, 1.54) is 25.7 Å². The highest BCUT2D eigenvalue weighted by atomic mass is 32.1. The number of nitrogens with two attached hydrogens (primary N) is 1. The quantitative estimate of drug-likeness (QED) is 0.787. The van der Waals surface area contributed by atoms with Crippen LogP contribution in [-0.2, 0) is 0 Å². The Kier molecular flexibility index (Phi) is 3.94. The number of nitrogens with zero attached hydrogens (tertiary/aromatic N) is 2. The second kappa shape index (κ2) is 5.45. The van der Waals surface area contributed by atoms with Crippen LogP contribution in [0.3, 0.4) is 0 Å². The molecule has 0 radical (unpaired) electrons. The molecule has 17 heavy (non-hydrogen) atoms. The van der Waals surface area contributed by atoms with E-state index in [4.69, 9.17) is 18.0 Å². The van der Waals surface area contributed by atoms with Gasteiger partial charge >= 0.3 is 0 Å². The van der Waals surface area contributed by atoms with Crippen LogP contribution >= 0.6 is 12.2 Å². The van der Waals surface area contributed by atoms with Gasteiger partial charge in [-0.1, -0.05) is 25.6 Å². The molecule has 2 rings (SSSR count). The highest BCUT2D eigenvalue weighted by Crippen LogP contribution is 2.33. The highest BCUT2D eigenvalue weighted by Gasteiger charge is 2.30. The molecule has 1 aliphatic carbocycles. The highest BCUT2D eigenvalue weighted by molar-refractivity contribution is 7.80. The fraction of sp³-hybridized carbons (Fsp3) is 0.538. The topological polar surface area (TPSA) is 42.2 Å². The maximum absolute atomic E-state index is 5.74. The smallest absolute Gasteiger partial charge is 0.124 e. The average Bonchev–Trinajstić information content (AvgIpc) is 3.14. The molecule has 1 heterocycles. The first-order valence-corrected chi connectivity index (χ1v) is 6.66. The molecule has 0 atom stereocenters. The van der Waals surface area contributed by atoms with Crippen molar-refractivity contribution in [1.29, 1.82) is 0 Å². The molecule has 0 aromatic carbocycles. The first kappa shape index (κ1) is 12.3. The third kappa shape index (κ3) is 2.94. The van der Waals surface area contributed by atoms with Crippen LogP contribution in [0.15, 0.2) is 18.3 Å². The standard InChI is InChI=1S/C13H19N3S/c1-2-3-9-16(10-6-7-10)11-5-4-8-15-12(11)13(14)17/h4-5,8,10H,2-3,6-7,9H2,1H3,(H2,14,17). The summed E-state index contributed by atoms with van der Waals surface area (Å²) in [5, 5.41) is 0. The number of hydrogen-bond donors (Lipinski definition) is 1. The molecule has 1 aromatic heterocycles. The molecule has 0 spiro atoms. The zero-order valence-electron chi connectivity index (χ0n) is 10.2. The zero-order valence-corrected chi connectivity index (χ0v) is 11.0. The molecule has 0 amide bonds. The summed E-state index contributed by atoms with van der Waals surface area (Å²) in [5.74, 6) is 0. The van der Waals surface area contributed by atoms with E-state index in [1.54, 1.807) is 6.20 Å². The molecule has 0 unspecified atom stereocenters. The molecule has 1 aliphatic rings. The molecular formula is C13H19N3S. The van der Waals surface area contributed by atoms with E-state index in [0.29, 0.717) is 11.0 Å². The summed E-state index contributed by atoms with van der Waals surface area (Å²) >= 11 is 5.08. The minimum absolute atomic E-state index is 0.391. The predicted octanol–water partition coefficient (Wildman–Crippen LogP) is 2.48. The molecular weight excluding hydrogens is 230 g/mol. The van der Waals surface area contributed by atoms with Gasteiger partial charge in [0.05, 0.1) is 5.69 Å². The van der Waals surface area contributed by atoms with Crippen LogP contribution in [0.1, 0.15) is 38.3 Å². The van der Waals surface area contributed by atoms with Crippen LogP contribution in [0.25, 0.3) is 0 Å². The first-order valence-electron chi connectivity index (χ1n) is 6.25. The van der Waals surface area contributed by atoms with Gasteiger partial charge < -0.3 is 10.6 Å². The van der Waals surface area contributed by atoms with Crippen molar-refractivity contribution in [3.8, 4) is 0 Å². The van der Waals surface area contributed by atoms with Gasteiger partial charge in [0.1, 0.15) is 10.7 Å². The SMILES string of the molecule is CCCCN(c1cccnc1C(N)=S)C1CC1. The van der Waals surface area contributed by atoms with Gasteiger partial charge in [0.15, 0.2) is 0 Å². The Morgan fingerprint density at radius 2 is 2.35 bits per heavy atom. The largest absolute Gasteiger partial charge is 0.388 e. The molecule has 0 saturated heterocycles. The number of unbranched alkanes of at least 4 members (excludes halogenated alkanes) is 1. The Bertz CT molecular complexity index is 401. The summed E-state index contributed by atoms with van der Waals surface area (Å²) < 4.78 is 0. The second-order valence-corrected chi connectivity index (χ2v) is 4.95. The van der Waals surface area contributed by atoms with Gasteiger partial charge in [-0.05, 0) is 31.4 Å². The summed E-state index contributed by atoms with van der Waals surface area (Å²) in [6.45, 7) is 3.28. The van der Waals surface area contributed by atoms with Crippen molar-refractivity contribution in [3.05, 3.63) is 24.0 Å². The molecule has 3 nitrogen and oxygen atoms in total. The van der Waals surface area contributed by atoms with E-state index in [9.17, 15) is 0 Å². The summed E-state index contributed by atoms with van der Waals surface area (Å²) in [7, 11) is 0. The van der Waals surface area contributed by atoms with Gasteiger partial charge in [-0.15, -0.1) is 0 Å². The Morgan fingerprint density at radius 3 is 2.94 bits per heavy atom. The summed E-state index contributed by atoms with van der Waals surface area (Å²) in [4.78, 5) is 7.12. The molecule has 0 bridgehead atoms. The maximum atomic E-state index is 5.74. The minimum Gasteiger partial charge on any atom is -0.388 e. The summed E-state index contributed by atoms with van der Waals surface area (Å²) in [6, 6.07) is 4.70. The van der Waals surface area contributed by atoms with Crippen LogP contribution in [0, 0.1) is 0 Å². The Labute approximate surface area is 108 Å². The average molecular weight is 249 g/mol. The van der Waals surface area contributed by atoms with Crippen molar-refractivity contribution >= 4 is 22.9 Å². The number of hydrogen-bond acceptors (Lipinski definition) is 3. The maximum Gasteiger partial charge on any atom is 0.124 e. The molecule has 1 saturated carbocycles. The van der Waals surface area contributed by atoms with Crippen molar-refractivity contribution in [1.82, 2.24) is 4.98 Å². The lowest BCUT2D eigenvalue weighted by Crippen LogP contribution is -2.29. The lowest BCUT2D eigenvalue weighted by Gasteiger charge is -2.26. The molecule has 92 valence electrons. The van der Waals surface area contributed by atoms with Gasteiger partial charge in [0.2, 0.25) is 0 Å². The van der Waals surface area contributed by atoms with Gasteiger partial charge in [0, 0.05) is 18.8 Å². The van der Waals surface area contributed by atoms with Crippen molar-refractivity contribution in [3.63, 3.8) is 0 Å². The third-order valence-corrected chi connectivity index (χ3v) is 3.26. The lowest BCUT2D eigenvalue weighted by atomic mass is 10.2. The number of pyridine rings is 1. The van der Waals surface area contributed by atoms with Crippen LogP contribution in [0.4, 0.5) is 5.69 Å². The molecule has 1 aromatic rings. The van der Waals surface area contributed by atoms with E-state index in [1.807, 2.05) is 6.07 Å². The van der Waals surface area contributed by atoms with E-state index < -0.39 is 0 Å². The molecule has 1 fully saturated rings. The monoisotopic (exact) mass is 249 g/mol. The summed E-state index contributed by atoms with van der Waals surface area (Å²) in [6.07, 6.45) is 6.70. The van der Waals surface area contributed by atoms with Gasteiger partial charge in [-0.2, -0.15) is 0 Å². The summed E-state index contributed by atoms with van der Waals surface area (Å²) in [5.41, 5.74) is 7.62. The molecule has 2 N–H and O–H groups in total. The van der Waals surface area contributed by atoms with Crippen LogP contribution in [0.2, 0.25) is 0 Å². The fourth-order valence-corrected chi connectivity index (χ4v) is 2.19. The van der Waals surface area contributed by atoms with Crippen LogP contribution < -0.4 is 10.6 Å². The molecule has 0 aliphatic heterocycles. The third-order valence-electron chi connectivity index (χ3n) is 3.07. The van der Waals surface area contributed by atoms with Crippen molar-refractivity contribution in [2.45, 2.75) is 38.6 Å². The van der Waals surface area contributed by atoms with Gasteiger partial charge in [-0.25, -0.2) is 0 Å². The van der Waals surface area contributed by atoms with Crippen molar-refractivity contribution in [2.75, 3.05) is 11.4 Å². The Balaban J connectivity index is 2.25. The van der Waals surface area contributed by atoms with E-state index in [0.717, 1.165) is 17.9 Å². The van der Waals surface area contributed by atoms with Gasteiger partial charge in [0.25, 0.3) is 0 Å². The second-order valence-electron chi connectivity index (χ2n) is 4.51. The van der Waals surface area contributed by atoms with Crippen molar-refractivity contribution in [2.24, 2.45) is 5.73 Å². The first-order chi connectivity index (χ1) is 8.24.